The van der Waals surface area contributed by atoms with Crippen LogP contribution in [0.5, 0.6) is 0 Å². The predicted molar refractivity (Wildman–Crippen MR) is 48.3 cm³/mol. The van der Waals surface area contributed by atoms with E-state index in [0.717, 1.165) is 0 Å². The molecule has 0 aromatic rings. The Labute approximate surface area is 79.7 Å². The molecule has 0 amide bonds. The predicted octanol–water partition coefficient (Wildman–Crippen LogP) is 0.678. The molecule has 0 heterocycles. The van der Waals surface area contributed by atoms with Gasteiger partial charge in [0.1, 0.15) is 7.11 Å². The standard InChI is InChI=1S/C8H8N2O4/c1-14-9-7-4-2-3-6(5-11)8(7)10(12)13/h2-3,5H,4H2,1H3/b9-7+. The largest absolute Gasteiger partial charge is 0.399 e. The van der Waals surface area contributed by atoms with Gasteiger partial charge in [0.2, 0.25) is 0 Å². The fourth-order valence-corrected chi connectivity index (χ4v) is 1.14. The van der Waals surface area contributed by atoms with Gasteiger partial charge in [-0.15, -0.1) is 0 Å². The van der Waals surface area contributed by atoms with Gasteiger partial charge in [-0.05, 0) is 6.08 Å². The number of oxime groups is 1. The monoisotopic (exact) mass is 196 g/mol. The van der Waals surface area contributed by atoms with Crippen LogP contribution in [0.2, 0.25) is 0 Å². The normalized spacial score (nSPS) is 18.5. The number of allylic oxidation sites excluding steroid dienone is 4. The number of hydrogen-bond donors (Lipinski definition) is 0. The number of rotatable bonds is 3. The van der Waals surface area contributed by atoms with Crippen molar-refractivity contribution in [3.05, 3.63) is 33.5 Å². The van der Waals surface area contributed by atoms with E-state index in [2.05, 4.69) is 9.99 Å². The van der Waals surface area contributed by atoms with Crippen LogP contribution in [0.1, 0.15) is 6.42 Å². The molecule has 0 spiro atoms. The summed E-state index contributed by atoms with van der Waals surface area (Å²) in [6, 6.07) is 0. The van der Waals surface area contributed by atoms with E-state index in [-0.39, 0.29) is 17.0 Å². The van der Waals surface area contributed by atoms with Gasteiger partial charge in [-0.3, -0.25) is 14.9 Å². The summed E-state index contributed by atoms with van der Waals surface area (Å²) in [6.07, 6.45) is 3.74. The van der Waals surface area contributed by atoms with Crippen LogP contribution in [-0.4, -0.2) is 24.0 Å². The van der Waals surface area contributed by atoms with Gasteiger partial charge in [0.25, 0.3) is 0 Å². The lowest BCUT2D eigenvalue weighted by atomic mass is 10.0. The molecule has 0 radical (unpaired) electrons. The molecule has 6 heteroatoms. The number of carbonyl (C=O) groups excluding carboxylic acids is 1. The molecule has 14 heavy (non-hydrogen) atoms. The van der Waals surface area contributed by atoms with Crippen molar-refractivity contribution in [2.45, 2.75) is 6.42 Å². The van der Waals surface area contributed by atoms with Gasteiger partial charge in [-0.2, -0.15) is 0 Å². The van der Waals surface area contributed by atoms with Crippen LogP contribution in [0.4, 0.5) is 0 Å². The highest BCUT2D eigenvalue weighted by Crippen LogP contribution is 2.16. The number of nitrogens with zero attached hydrogens (tertiary/aromatic N) is 2. The van der Waals surface area contributed by atoms with Gasteiger partial charge < -0.3 is 4.84 Å². The molecule has 74 valence electrons. The molecular weight excluding hydrogens is 188 g/mol. The van der Waals surface area contributed by atoms with E-state index in [1.165, 1.54) is 13.2 Å². The third-order valence-corrected chi connectivity index (χ3v) is 1.67. The van der Waals surface area contributed by atoms with Crippen LogP contribution in [-0.2, 0) is 9.63 Å². The summed E-state index contributed by atoms with van der Waals surface area (Å²) in [6.45, 7) is 0. The Bertz CT molecular complexity index is 354. The molecule has 0 atom stereocenters. The maximum Gasteiger partial charge on any atom is 0.304 e. The molecular formula is C8H8N2O4. The summed E-state index contributed by atoms with van der Waals surface area (Å²) in [5, 5.41) is 14.1. The minimum absolute atomic E-state index is 0.0112. The Hall–Kier alpha value is -1.98. The minimum atomic E-state index is -0.634. The second kappa shape index (κ2) is 4.31. The fraction of sp³-hybridized carbons (Fsp3) is 0.250. The maximum absolute atomic E-state index is 10.6. The van der Waals surface area contributed by atoms with Crippen molar-refractivity contribution in [2.24, 2.45) is 5.16 Å². The fourth-order valence-electron chi connectivity index (χ4n) is 1.14. The first-order valence-electron chi connectivity index (χ1n) is 3.81. The highest BCUT2D eigenvalue weighted by atomic mass is 16.6. The topological polar surface area (TPSA) is 81.8 Å². The summed E-state index contributed by atoms with van der Waals surface area (Å²) in [4.78, 5) is 25.0. The lowest BCUT2D eigenvalue weighted by molar-refractivity contribution is -0.416. The van der Waals surface area contributed by atoms with E-state index < -0.39 is 4.92 Å². The second-order valence-corrected chi connectivity index (χ2v) is 2.51. The van der Waals surface area contributed by atoms with Gasteiger partial charge >= 0.3 is 5.70 Å². The van der Waals surface area contributed by atoms with Gasteiger partial charge in [0, 0.05) is 6.42 Å². The summed E-state index contributed by atoms with van der Waals surface area (Å²) in [5.74, 6) is 0. The maximum atomic E-state index is 10.6. The van der Waals surface area contributed by atoms with Crippen LogP contribution in [0.25, 0.3) is 0 Å². The molecule has 0 saturated heterocycles. The molecule has 0 bridgehead atoms. The molecule has 0 aromatic carbocycles. The van der Waals surface area contributed by atoms with Gasteiger partial charge in [0.05, 0.1) is 10.5 Å². The Balaban J connectivity index is 3.21. The van der Waals surface area contributed by atoms with Crippen LogP contribution >= 0.6 is 0 Å². The van der Waals surface area contributed by atoms with Crippen molar-refractivity contribution in [2.75, 3.05) is 7.11 Å². The highest BCUT2D eigenvalue weighted by Gasteiger charge is 2.26. The van der Waals surface area contributed by atoms with E-state index in [9.17, 15) is 14.9 Å². The Morgan fingerprint density at radius 1 is 1.71 bits per heavy atom. The smallest absolute Gasteiger partial charge is 0.304 e. The van der Waals surface area contributed by atoms with Crippen LogP contribution in [0, 0.1) is 10.1 Å². The summed E-state index contributed by atoms with van der Waals surface area (Å²) in [5.41, 5.74) is -0.122. The zero-order chi connectivity index (χ0) is 10.6. The molecule has 0 N–H and O–H groups in total. The van der Waals surface area contributed by atoms with Crippen molar-refractivity contribution >= 4 is 12.0 Å². The molecule has 1 aliphatic rings. The second-order valence-electron chi connectivity index (χ2n) is 2.51. The Morgan fingerprint density at radius 3 is 2.93 bits per heavy atom. The molecule has 0 saturated carbocycles. The van der Waals surface area contributed by atoms with E-state index in [0.29, 0.717) is 12.7 Å². The number of aldehydes is 1. The van der Waals surface area contributed by atoms with E-state index >= 15 is 0 Å². The highest BCUT2D eigenvalue weighted by molar-refractivity contribution is 6.05. The average molecular weight is 196 g/mol. The number of hydrogen-bond acceptors (Lipinski definition) is 5. The SMILES string of the molecule is CO/N=C1\CC=CC(C=O)=C1[N+](=O)[O-]. The van der Waals surface area contributed by atoms with Gasteiger partial charge in [-0.1, -0.05) is 11.2 Å². The molecule has 0 unspecified atom stereocenters. The van der Waals surface area contributed by atoms with Crippen LogP contribution in [0.3, 0.4) is 0 Å². The molecule has 0 aliphatic heterocycles. The Kier molecular flexibility index (Phi) is 3.11. The Morgan fingerprint density at radius 2 is 2.43 bits per heavy atom. The first-order valence-corrected chi connectivity index (χ1v) is 3.81. The molecule has 0 aromatic heterocycles. The zero-order valence-corrected chi connectivity index (χ0v) is 7.47. The van der Waals surface area contributed by atoms with Crippen molar-refractivity contribution < 1.29 is 14.6 Å². The summed E-state index contributed by atoms with van der Waals surface area (Å²) >= 11 is 0. The van der Waals surface area contributed by atoms with Gasteiger partial charge in [0.15, 0.2) is 12.0 Å². The molecule has 1 rings (SSSR count). The number of nitro groups is 1. The minimum Gasteiger partial charge on any atom is -0.399 e. The quantitative estimate of drug-likeness (QED) is 0.377. The van der Waals surface area contributed by atoms with Crippen molar-refractivity contribution in [1.82, 2.24) is 0 Å². The van der Waals surface area contributed by atoms with Crippen LogP contribution < -0.4 is 0 Å². The van der Waals surface area contributed by atoms with Crippen molar-refractivity contribution in [1.29, 1.82) is 0 Å². The average Bonchev–Trinajstić information content (AvgIpc) is 2.17. The first-order chi connectivity index (χ1) is 6.70. The molecule has 6 nitrogen and oxygen atoms in total. The lowest BCUT2D eigenvalue weighted by Gasteiger charge is -2.05. The zero-order valence-electron chi connectivity index (χ0n) is 7.47. The number of carbonyl (C=O) groups is 1. The summed E-state index contributed by atoms with van der Waals surface area (Å²) < 4.78 is 0. The van der Waals surface area contributed by atoms with E-state index in [1.807, 2.05) is 0 Å². The first kappa shape index (κ1) is 10.1. The summed E-state index contributed by atoms with van der Waals surface area (Å²) in [7, 11) is 1.30. The van der Waals surface area contributed by atoms with Gasteiger partial charge in [-0.25, -0.2) is 0 Å². The lowest BCUT2D eigenvalue weighted by Crippen LogP contribution is -2.17. The third-order valence-electron chi connectivity index (χ3n) is 1.67. The van der Waals surface area contributed by atoms with E-state index in [1.54, 1.807) is 6.08 Å². The molecule has 0 fully saturated rings. The van der Waals surface area contributed by atoms with Crippen LogP contribution in [0.15, 0.2) is 28.6 Å². The third kappa shape index (κ3) is 1.85. The van der Waals surface area contributed by atoms with E-state index in [4.69, 9.17) is 0 Å². The van der Waals surface area contributed by atoms with Crippen molar-refractivity contribution in [3.8, 4) is 0 Å². The van der Waals surface area contributed by atoms with Crippen molar-refractivity contribution in [3.63, 3.8) is 0 Å². The molecule has 1 aliphatic carbocycles.